The van der Waals surface area contributed by atoms with Crippen molar-refractivity contribution in [1.82, 2.24) is 9.80 Å². The normalized spacial score (nSPS) is 19.6. The van der Waals surface area contributed by atoms with Crippen molar-refractivity contribution in [3.05, 3.63) is 83.4 Å². The molecule has 1 amide bonds. The Hall–Kier alpha value is -3.54. The average molecular weight is 614 g/mol. The van der Waals surface area contributed by atoms with Crippen LogP contribution in [-0.2, 0) is 20.2 Å². The van der Waals surface area contributed by atoms with Crippen LogP contribution < -0.4 is 13.8 Å². The highest BCUT2D eigenvalue weighted by atomic mass is 32.2. The summed E-state index contributed by atoms with van der Waals surface area (Å²) < 4.78 is 70.9. The van der Waals surface area contributed by atoms with E-state index in [4.69, 9.17) is 9.47 Å². The number of anilines is 1. The third kappa shape index (κ3) is 5.73. The van der Waals surface area contributed by atoms with Crippen LogP contribution >= 0.6 is 0 Å². The molecule has 2 aliphatic heterocycles. The van der Waals surface area contributed by atoms with Crippen LogP contribution in [0.1, 0.15) is 37.8 Å². The summed E-state index contributed by atoms with van der Waals surface area (Å²) in [7, 11) is -1.20. The molecule has 0 bridgehead atoms. The predicted molar refractivity (Wildman–Crippen MR) is 160 cm³/mol. The molecular formula is C32H37F2N3O5S. The van der Waals surface area contributed by atoms with Gasteiger partial charge in [-0.05, 0) is 76.7 Å². The Morgan fingerprint density at radius 2 is 1.60 bits per heavy atom. The fourth-order valence-corrected chi connectivity index (χ4v) is 7.47. The maximum Gasteiger partial charge on any atom is 0.270 e. The third-order valence-corrected chi connectivity index (χ3v) is 9.90. The SMILES string of the molecule is COc1cc2c(cc1F)C(CCCN1CCN(C)CC1)(c1ccccc1F)C(=O)N2S(=O)(=O)c1ccc(OC(C)C)cc1. The zero-order chi connectivity index (χ0) is 30.9. The van der Waals surface area contributed by atoms with E-state index < -0.39 is 33.0 Å². The Morgan fingerprint density at radius 3 is 2.23 bits per heavy atom. The molecule has 2 aliphatic rings. The van der Waals surface area contributed by atoms with Gasteiger partial charge in [0.05, 0.1) is 23.8 Å². The maximum atomic E-state index is 15.7. The molecule has 3 aromatic rings. The van der Waals surface area contributed by atoms with Gasteiger partial charge >= 0.3 is 0 Å². The number of amides is 1. The molecule has 230 valence electrons. The van der Waals surface area contributed by atoms with Gasteiger partial charge in [-0.1, -0.05) is 18.2 Å². The number of hydrogen-bond donors (Lipinski definition) is 0. The molecule has 0 radical (unpaired) electrons. The van der Waals surface area contributed by atoms with Gasteiger partial charge in [-0.2, -0.15) is 0 Å². The minimum Gasteiger partial charge on any atom is -0.494 e. The molecule has 0 saturated carbocycles. The molecule has 0 aliphatic carbocycles. The van der Waals surface area contributed by atoms with Crippen molar-refractivity contribution in [3.8, 4) is 11.5 Å². The van der Waals surface area contributed by atoms with Crippen molar-refractivity contribution >= 4 is 21.6 Å². The Balaban J connectivity index is 1.63. The molecule has 8 nitrogen and oxygen atoms in total. The van der Waals surface area contributed by atoms with Crippen LogP contribution in [0.5, 0.6) is 11.5 Å². The van der Waals surface area contributed by atoms with Gasteiger partial charge in [0.15, 0.2) is 11.6 Å². The van der Waals surface area contributed by atoms with Crippen molar-refractivity contribution < 1.29 is 31.5 Å². The Kier molecular flexibility index (Phi) is 8.78. The minimum atomic E-state index is -4.52. The van der Waals surface area contributed by atoms with Crippen molar-refractivity contribution in [2.75, 3.05) is 51.2 Å². The highest BCUT2D eigenvalue weighted by Crippen LogP contribution is 2.53. The molecule has 43 heavy (non-hydrogen) atoms. The van der Waals surface area contributed by atoms with Crippen LogP contribution in [0.2, 0.25) is 0 Å². The average Bonchev–Trinajstić information content (AvgIpc) is 3.21. The lowest BCUT2D eigenvalue weighted by molar-refractivity contribution is -0.121. The van der Waals surface area contributed by atoms with Gasteiger partial charge in [-0.15, -0.1) is 0 Å². The molecule has 11 heteroatoms. The lowest BCUT2D eigenvalue weighted by Crippen LogP contribution is -2.46. The number of methoxy groups -OCH3 is 1. The number of rotatable bonds is 10. The maximum absolute atomic E-state index is 15.7. The second kappa shape index (κ2) is 12.2. The van der Waals surface area contributed by atoms with Crippen LogP contribution in [0.25, 0.3) is 0 Å². The first kappa shape index (κ1) is 30.9. The smallest absolute Gasteiger partial charge is 0.270 e. The number of ether oxygens (including phenoxy) is 2. The molecule has 1 saturated heterocycles. The van der Waals surface area contributed by atoms with E-state index in [-0.39, 0.29) is 40.0 Å². The number of fused-ring (bicyclic) bond motifs is 1. The molecule has 0 spiro atoms. The first-order valence-corrected chi connectivity index (χ1v) is 15.8. The number of halogens is 2. The van der Waals surface area contributed by atoms with Crippen LogP contribution in [0, 0.1) is 11.6 Å². The topological polar surface area (TPSA) is 79.4 Å². The Bertz CT molecular complexity index is 1590. The summed E-state index contributed by atoms with van der Waals surface area (Å²) in [6.07, 6.45) is 0.404. The first-order chi connectivity index (χ1) is 20.5. The lowest BCUT2D eigenvalue weighted by Gasteiger charge is -2.34. The summed E-state index contributed by atoms with van der Waals surface area (Å²) in [6, 6.07) is 13.9. The highest BCUT2D eigenvalue weighted by molar-refractivity contribution is 7.93. The van der Waals surface area contributed by atoms with Gasteiger partial charge < -0.3 is 19.3 Å². The molecule has 1 atom stereocenters. The molecule has 2 heterocycles. The van der Waals surface area contributed by atoms with E-state index >= 15 is 8.78 Å². The van der Waals surface area contributed by atoms with Crippen molar-refractivity contribution in [1.29, 1.82) is 0 Å². The highest BCUT2D eigenvalue weighted by Gasteiger charge is 2.57. The molecular weight excluding hydrogens is 576 g/mol. The molecule has 1 fully saturated rings. The summed E-state index contributed by atoms with van der Waals surface area (Å²) in [5.41, 5.74) is -1.76. The monoisotopic (exact) mass is 613 g/mol. The number of likely N-dealkylation sites (N-methyl/N-ethyl adjacent to an activating group) is 1. The van der Waals surface area contributed by atoms with E-state index in [2.05, 4.69) is 16.8 Å². The van der Waals surface area contributed by atoms with Gasteiger partial charge in [0.25, 0.3) is 15.9 Å². The van der Waals surface area contributed by atoms with E-state index in [0.29, 0.717) is 23.0 Å². The van der Waals surface area contributed by atoms with Crippen molar-refractivity contribution in [2.45, 2.75) is 43.1 Å². The summed E-state index contributed by atoms with van der Waals surface area (Å²) in [5.74, 6) is -2.07. The third-order valence-electron chi connectivity index (χ3n) is 8.19. The Morgan fingerprint density at radius 1 is 0.930 bits per heavy atom. The van der Waals surface area contributed by atoms with E-state index in [1.54, 1.807) is 6.07 Å². The molecule has 3 aromatic carbocycles. The molecule has 1 unspecified atom stereocenters. The van der Waals surface area contributed by atoms with E-state index in [1.807, 2.05) is 13.8 Å². The Labute approximate surface area is 251 Å². The second-order valence-corrected chi connectivity index (χ2v) is 13.1. The number of carbonyl (C=O) groups is 1. The molecule has 5 rings (SSSR count). The largest absolute Gasteiger partial charge is 0.494 e. The number of benzene rings is 3. The summed E-state index contributed by atoms with van der Waals surface area (Å²) in [6.45, 7) is 7.81. The minimum absolute atomic E-state index is 0.00238. The zero-order valence-electron chi connectivity index (χ0n) is 24.8. The van der Waals surface area contributed by atoms with Gasteiger partial charge in [0.1, 0.15) is 17.0 Å². The number of nitrogens with zero attached hydrogens (tertiary/aromatic N) is 3. The number of piperazine rings is 1. The summed E-state index contributed by atoms with van der Waals surface area (Å²) in [5, 5.41) is 0. The summed E-state index contributed by atoms with van der Waals surface area (Å²) in [4.78, 5) is 19.0. The first-order valence-electron chi connectivity index (χ1n) is 14.4. The van der Waals surface area contributed by atoms with Crippen molar-refractivity contribution in [3.63, 3.8) is 0 Å². The van der Waals surface area contributed by atoms with Gasteiger partial charge in [-0.25, -0.2) is 21.5 Å². The van der Waals surface area contributed by atoms with Crippen LogP contribution in [0.15, 0.2) is 65.6 Å². The van der Waals surface area contributed by atoms with Crippen LogP contribution in [0.4, 0.5) is 14.5 Å². The molecule has 0 N–H and O–H groups in total. The number of sulfonamides is 1. The van der Waals surface area contributed by atoms with E-state index in [0.717, 1.165) is 32.2 Å². The molecule has 0 aromatic heterocycles. The quantitative estimate of drug-likeness (QED) is 0.325. The zero-order valence-corrected chi connectivity index (χ0v) is 25.7. The van der Waals surface area contributed by atoms with Crippen LogP contribution in [0.3, 0.4) is 0 Å². The van der Waals surface area contributed by atoms with Gasteiger partial charge in [0.2, 0.25) is 0 Å². The van der Waals surface area contributed by atoms with Crippen molar-refractivity contribution in [2.24, 2.45) is 0 Å². The summed E-state index contributed by atoms with van der Waals surface area (Å²) >= 11 is 0. The fourth-order valence-electron chi connectivity index (χ4n) is 6.00. The lowest BCUT2D eigenvalue weighted by atomic mass is 9.71. The predicted octanol–water partition coefficient (Wildman–Crippen LogP) is 4.81. The van der Waals surface area contributed by atoms with Gasteiger partial charge in [-0.3, -0.25) is 4.79 Å². The van der Waals surface area contributed by atoms with Gasteiger partial charge in [0, 0.05) is 43.4 Å². The number of hydrogen-bond acceptors (Lipinski definition) is 7. The van der Waals surface area contributed by atoms with E-state index in [1.165, 1.54) is 55.6 Å². The fraction of sp³-hybridized carbons (Fsp3) is 0.406. The van der Waals surface area contributed by atoms with Crippen LogP contribution in [-0.4, -0.2) is 77.1 Å². The standard InChI is InChI=1S/C32H37F2N3O5S/c1-22(2)42-23-10-12-24(13-11-23)43(39,40)37-29-21-30(41-4)28(34)20-26(29)32(31(37)38,25-8-5-6-9-27(25)33)14-7-15-36-18-16-35(3)17-19-36/h5-6,8-13,20-22H,7,14-19H2,1-4H3. The number of carbonyl (C=O) groups excluding carboxylic acids is 1. The second-order valence-electron chi connectivity index (χ2n) is 11.4. The van der Waals surface area contributed by atoms with E-state index in [9.17, 15) is 13.2 Å².